The highest BCUT2D eigenvalue weighted by Gasteiger charge is 2.24. The second-order valence-electron chi connectivity index (χ2n) is 5.80. The Morgan fingerprint density at radius 1 is 1.21 bits per heavy atom. The van der Waals surface area contributed by atoms with Gasteiger partial charge in [-0.3, -0.25) is 9.59 Å². The van der Waals surface area contributed by atoms with E-state index < -0.39 is 12.0 Å². The normalized spacial score (nSPS) is 13.0. The van der Waals surface area contributed by atoms with Crippen molar-refractivity contribution in [3.8, 4) is 5.75 Å². The molecule has 1 rings (SSSR count). The fourth-order valence-corrected chi connectivity index (χ4v) is 2.14. The molecule has 0 fully saturated rings. The van der Waals surface area contributed by atoms with Crippen molar-refractivity contribution in [2.24, 2.45) is 5.92 Å². The lowest BCUT2D eigenvalue weighted by Crippen LogP contribution is -2.45. The molecule has 0 saturated heterocycles. The Morgan fingerprint density at radius 3 is 2.33 bits per heavy atom. The molecule has 0 heterocycles. The summed E-state index contributed by atoms with van der Waals surface area (Å²) in [5.74, 6) is -0.809. The molecular weight excluding hydrogens is 310 g/mol. The number of amides is 1. The minimum absolute atomic E-state index is 0.00693. The number of hydrogen-bond acceptors (Lipinski definition) is 4. The van der Waals surface area contributed by atoms with Crippen molar-refractivity contribution in [2.75, 3.05) is 6.61 Å². The van der Waals surface area contributed by atoms with Gasteiger partial charge in [-0.1, -0.05) is 20.3 Å². The zero-order valence-electron chi connectivity index (χ0n) is 14.4. The van der Waals surface area contributed by atoms with Crippen molar-refractivity contribution in [3.05, 3.63) is 29.8 Å². The van der Waals surface area contributed by atoms with E-state index >= 15 is 0 Å². The maximum Gasteiger partial charge on any atom is 0.326 e. The summed E-state index contributed by atoms with van der Waals surface area (Å²) in [5.41, 5.74) is 0.617. The molecule has 0 bridgehead atoms. The summed E-state index contributed by atoms with van der Waals surface area (Å²) in [5, 5.41) is 11.7. The molecule has 0 unspecified atom stereocenters. The number of hydrogen-bond donors (Lipinski definition) is 2. The Balaban J connectivity index is 2.34. The van der Waals surface area contributed by atoms with E-state index in [1.165, 1.54) is 6.92 Å². The van der Waals surface area contributed by atoms with E-state index in [4.69, 9.17) is 9.84 Å². The lowest BCUT2D eigenvalue weighted by atomic mass is 9.99. The number of rotatable bonds is 10. The molecule has 0 aliphatic heterocycles. The van der Waals surface area contributed by atoms with Crippen LogP contribution in [0.25, 0.3) is 0 Å². The zero-order valence-corrected chi connectivity index (χ0v) is 14.4. The molecule has 2 atom stereocenters. The number of benzene rings is 1. The van der Waals surface area contributed by atoms with Gasteiger partial charge < -0.3 is 15.2 Å². The van der Waals surface area contributed by atoms with E-state index in [0.717, 1.165) is 0 Å². The number of carboxylic acids is 1. The van der Waals surface area contributed by atoms with Crippen LogP contribution in [0.4, 0.5) is 0 Å². The number of carbonyl (C=O) groups excluding carboxylic acids is 2. The van der Waals surface area contributed by atoms with Crippen LogP contribution in [0, 0.1) is 5.92 Å². The zero-order chi connectivity index (χ0) is 18.1. The van der Waals surface area contributed by atoms with Gasteiger partial charge in [0.2, 0.25) is 5.91 Å². The minimum Gasteiger partial charge on any atom is -0.494 e. The second-order valence-corrected chi connectivity index (χ2v) is 5.80. The van der Waals surface area contributed by atoms with Crippen LogP contribution in [-0.2, 0) is 9.59 Å². The average Bonchev–Trinajstić information content (AvgIpc) is 2.56. The maximum atomic E-state index is 11.8. The molecular formula is C18H25NO5. The molecule has 0 radical (unpaired) electrons. The van der Waals surface area contributed by atoms with E-state index in [9.17, 15) is 14.4 Å². The van der Waals surface area contributed by atoms with Gasteiger partial charge in [0.1, 0.15) is 11.8 Å². The standard InChI is InChI=1S/C18H25NO5/c1-4-12(2)17(18(22)23)19-16(21)6-5-11-24-15-9-7-14(8-10-15)13(3)20/h7-10,12,17H,4-6,11H2,1-3H3,(H,19,21)(H,22,23)/t12-,17-/m0/s1. The molecule has 1 aromatic rings. The second kappa shape index (κ2) is 9.70. The van der Waals surface area contributed by atoms with E-state index in [1.54, 1.807) is 31.2 Å². The number of carboxylic acid groups (broad SMARTS) is 1. The van der Waals surface area contributed by atoms with E-state index in [2.05, 4.69) is 5.32 Å². The van der Waals surface area contributed by atoms with Crippen molar-refractivity contribution in [2.45, 2.75) is 46.1 Å². The molecule has 1 amide bonds. The van der Waals surface area contributed by atoms with Gasteiger partial charge >= 0.3 is 5.97 Å². The summed E-state index contributed by atoms with van der Waals surface area (Å²) in [4.78, 5) is 34.2. The number of Topliss-reactive ketones (excluding diaryl/α,β-unsaturated/α-hetero) is 1. The van der Waals surface area contributed by atoms with E-state index in [-0.39, 0.29) is 24.0 Å². The summed E-state index contributed by atoms with van der Waals surface area (Å²) in [6.45, 7) is 5.52. The summed E-state index contributed by atoms with van der Waals surface area (Å²) in [7, 11) is 0. The van der Waals surface area contributed by atoms with Crippen LogP contribution < -0.4 is 10.1 Å². The highest BCUT2D eigenvalue weighted by atomic mass is 16.5. The first kappa shape index (κ1) is 19.7. The van der Waals surface area contributed by atoms with Gasteiger partial charge in [0, 0.05) is 12.0 Å². The predicted molar refractivity (Wildman–Crippen MR) is 90.2 cm³/mol. The third kappa shape index (κ3) is 6.40. The molecule has 132 valence electrons. The fourth-order valence-electron chi connectivity index (χ4n) is 2.14. The molecule has 0 aliphatic carbocycles. The van der Waals surface area contributed by atoms with Crippen molar-refractivity contribution in [3.63, 3.8) is 0 Å². The number of nitrogens with one attached hydrogen (secondary N) is 1. The lowest BCUT2D eigenvalue weighted by molar-refractivity contribution is -0.143. The smallest absolute Gasteiger partial charge is 0.326 e. The molecule has 0 spiro atoms. The molecule has 24 heavy (non-hydrogen) atoms. The molecule has 0 saturated carbocycles. The average molecular weight is 335 g/mol. The van der Waals surface area contributed by atoms with Crippen molar-refractivity contribution < 1.29 is 24.2 Å². The Morgan fingerprint density at radius 2 is 1.83 bits per heavy atom. The number of ketones is 1. The molecule has 1 aromatic carbocycles. The Bertz CT molecular complexity index is 567. The Kier molecular flexibility index (Phi) is 7.95. The maximum absolute atomic E-state index is 11.8. The topological polar surface area (TPSA) is 92.7 Å². The summed E-state index contributed by atoms with van der Waals surface area (Å²) >= 11 is 0. The van der Waals surface area contributed by atoms with Gasteiger partial charge in [0.25, 0.3) is 0 Å². The lowest BCUT2D eigenvalue weighted by Gasteiger charge is -2.20. The number of carbonyl (C=O) groups is 3. The summed E-state index contributed by atoms with van der Waals surface area (Å²) in [6.07, 6.45) is 1.36. The van der Waals surface area contributed by atoms with Crippen molar-refractivity contribution in [1.29, 1.82) is 0 Å². The highest BCUT2D eigenvalue weighted by Crippen LogP contribution is 2.13. The predicted octanol–water partition coefficient (Wildman–Crippen LogP) is 2.66. The minimum atomic E-state index is -1.01. The van der Waals surface area contributed by atoms with Crippen LogP contribution in [0.15, 0.2) is 24.3 Å². The van der Waals surface area contributed by atoms with Crippen LogP contribution in [0.1, 0.15) is 50.4 Å². The summed E-state index contributed by atoms with van der Waals surface area (Å²) < 4.78 is 5.50. The first-order chi connectivity index (χ1) is 11.3. The molecule has 0 aromatic heterocycles. The van der Waals surface area contributed by atoms with Crippen LogP contribution in [-0.4, -0.2) is 35.4 Å². The first-order valence-corrected chi connectivity index (χ1v) is 8.11. The van der Waals surface area contributed by atoms with Crippen molar-refractivity contribution >= 4 is 17.7 Å². The van der Waals surface area contributed by atoms with Gasteiger partial charge in [0.15, 0.2) is 5.78 Å². The molecule has 2 N–H and O–H groups in total. The largest absolute Gasteiger partial charge is 0.494 e. The van der Waals surface area contributed by atoms with E-state index in [0.29, 0.717) is 30.8 Å². The van der Waals surface area contributed by atoms with Crippen LogP contribution in [0.3, 0.4) is 0 Å². The first-order valence-electron chi connectivity index (χ1n) is 8.11. The number of aliphatic carboxylic acids is 1. The molecule has 6 nitrogen and oxygen atoms in total. The summed E-state index contributed by atoms with van der Waals surface area (Å²) in [6, 6.07) is 5.94. The molecule has 6 heteroatoms. The van der Waals surface area contributed by atoms with Crippen LogP contribution >= 0.6 is 0 Å². The van der Waals surface area contributed by atoms with Gasteiger partial charge in [-0.2, -0.15) is 0 Å². The van der Waals surface area contributed by atoms with Gasteiger partial charge in [-0.25, -0.2) is 4.79 Å². The van der Waals surface area contributed by atoms with Crippen molar-refractivity contribution in [1.82, 2.24) is 5.32 Å². The third-order valence-corrected chi connectivity index (χ3v) is 3.87. The third-order valence-electron chi connectivity index (χ3n) is 3.87. The van der Waals surface area contributed by atoms with Crippen LogP contribution in [0.2, 0.25) is 0 Å². The Hall–Kier alpha value is -2.37. The molecule has 0 aliphatic rings. The quantitative estimate of drug-likeness (QED) is 0.506. The SMILES string of the molecule is CC[C@H](C)[C@H](NC(=O)CCCOc1ccc(C(C)=O)cc1)C(=O)O. The Labute approximate surface area is 142 Å². The highest BCUT2D eigenvalue weighted by molar-refractivity contribution is 5.94. The van der Waals surface area contributed by atoms with Gasteiger partial charge in [0.05, 0.1) is 6.61 Å². The van der Waals surface area contributed by atoms with Gasteiger partial charge in [-0.15, -0.1) is 0 Å². The monoisotopic (exact) mass is 335 g/mol. The fraction of sp³-hybridized carbons (Fsp3) is 0.500. The number of ether oxygens (including phenoxy) is 1. The van der Waals surface area contributed by atoms with Gasteiger partial charge in [-0.05, 0) is 43.5 Å². The van der Waals surface area contributed by atoms with E-state index in [1.807, 2.05) is 6.92 Å². The van der Waals surface area contributed by atoms with Crippen LogP contribution in [0.5, 0.6) is 5.75 Å².